The summed E-state index contributed by atoms with van der Waals surface area (Å²) in [6.45, 7) is 2.06. The maximum Gasteiger partial charge on any atom is 0.252 e. The van der Waals surface area contributed by atoms with Gasteiger partial charge in [-0.1, -0.05) is 6.92 Å². The molecular weight excluding hydrogens is 288 g/mol. The van der Waals surface area contributed by atoms with E-state index in [9.17, 15) is 19.8 Å². The molecule has 1 fully saturated rings. The standard InChI is InChI=1S/C15H28N2O5/c1-15(10-18,11-19)9-16(2)13(20)8-17-7-5-4-6-12(22-3)14(17)21/h12,18-19H,4-11H2,1-3H3. The molecule has 0 aromatic rings. The number of aliphatic hydroxyl groups excluding tert-OH is 2. The largest absolute Gasteiger partial charge is 0.396 e. The highest BCUT2D eigenvalue weighted by molar-refractivity contribution is 5.87. The van der Waals surface area contributed by atoms with Crippen LogP contribution in [0.5, 0.6) is 0 Å². The van der Waals surface area contributed by atoms with E-state index in [4.69, 9.17) is 4.74 Å². The lowest BCUT2D eigenvalue weighted by molar-refractivity contribution is -0.146. The van der Waals surface area contributed by atoms with Gasteiger partial charge in [0, 0.05) is 32.7 Å². The molecule has 1 atom stereocenters. The molecular formula is C15H28N2O5. The first-order valence-corrected chi connectivity index (χ1v) is 7.64. The molecule has 0 aliphatic carbocycles. The van der Waals surface area contributed by atoms with Crippen molar-refractivity contribution in [2.45, 2.75) is 32.3 Å². The minimum atomic E-state index is -0.748. The Labute approximate surface area is 131 Å². The second-order valence-corrected chi connectivity index (χ2v) is 6.36. The third kappa shape index (κ3) is 4.93. The number of ether oxygens (including phenoxy) is 1. The number of carbonyl (C=O) groups excluding carboxylic acids is 2. The topological polar surface area (TPSA) is 90.3 Å². The Hall–Kier alpha value is -1.18. The summed E-state index contributed by atoms with van der Waals surface area (Å²) in [5.41, 5.74) is -0.748. The first-order valence-electron chi connectivity index (χ1n) is 7.64. The van der Waals surface area contributed by atoms with Crippen LogP contribution in [0.25, 0.3) is 0 Å². The lowest BCUT2D eigenvalue weighted by Crippen LogP contribution is -2.48. The fraction of sp³-hybridized carbons (Fsp3) is 0.867. The summed E-state index contributed by atoms with van der Waals surface area (Å²) in [5.74, 6) is -0.355. The fourth-order valence-corrected chi connectivity index (χ4v) is 2.54. The van der Waals surface area contributed by atoms with Crippen molar-refractivity contribution in [2.75, 3.05) is 47.0 Å². The van der Waals surface area contributed by atoms with Gasteiger partial charge in [-0.3, -0.25) is 9.59 Å². The Morgan fingerprint density at radius 3 is 2.59 bits per heavy atom. The molecule has 0 saturated carbocycles. The van der Waals surface area contributed by atoms with Crippen molar-refractivity contribution in [1.29, 1.82) is 0 Å². The molecule has 0 aromatic carbocycles. The van der Waals surface area contributed by atoms with Crippen LogP contribution >= 0.6 is 0 Å². The average molecular weight is 316 g/mol. The Morgan fingerprint density at radius 1 is 1.41 bits per heavy atom. The Kier molecular flexibility index (Phi) is 7.25. The molecule has 128 valence electrons. The zero-order valence-electron chi connectivity index (χ0n) is 13.7. The van der Waals surface area contributed by atoms with Gasteiger partial charge >= 0.3 is 0 Å². The second kappa shape index (κ2) is 8.45. The van der Waals surface area contributed by atoms with Crippen LogP contribution in [-0.4, -0.2) is 84.9 Å². The summed E-state index contributed by atoms with van der Waals surface area (Å²) in [5, 5.41) is 18.6. The van der Waals surface area contributed by atoms with E-state index >= 15 is 0 Å². The van der Waals surface area contributed by atoms with Crippen molar-refractivity contribution >= 4 is 11.8 Å². The minimum Gasteiger partial charge on any atom is -0.396 e. The van der Waals surface area contributed by atoms with E-state index in [2.05, 4.69) is 0 Å². The molecule has 0 radical (unpaired) electrons. The van der Waals surface area contributed by atoms with Gasteiger partial charge in [0.2, 0.25) is 5.91 Å². The van der Waals surface area contributed by atoms with Gasteiger partial charge in [-0.05, 0) is 19.3 Å². The molecule has 7 nitrogen and oxygen atoms in total. The van der Waals surface area contributed by atoms with Gasteiger partial charge in [0.25, 0.3) is 5.91 Å². The molecule has 0 bridgehead atoms. The van der Waals surface area contributed by atoms with Crippen LogP contribution in [0.15, 0.2) is 0 Å². The van der Waals surface area contributed by atoms with Gasteiger partial charge in [0.1, 0.15) is 6.10 Å². The highest BCUT2D eigenvalue weighted by Gasteiger charge is 2.31. The number of aliphatic hydroxyl groups is 2. The lowest BCUT2D eigenvalue weighted by atomic mass is 9.92. The Morgan fingerprint density at radius 2 is 2.05 bits per heavy atom. The van der Waals surface area contributed by atoms with E-state index in [-0.39, 0.29) is 38.1 Å². The predicted molar refractivity (Wildman–Crippen MR) is 81.1 cm³/mol. The lowest BCUT2D eigenvalue weighted by Gasteiger charge is -2.32. The van der Waals surface area contributed by atoms with E-state index in [1.54, 1.807) is 14.0 Å². The van der Waals surface area contributed by atoms with Gasteiger partial charge in [-0.25, -0.2) is 0 Å². The maximum atomic E-state index is 12.3. The smallest absolute Gasteiger partial charge is 0.252 e. The number of nitrogens with zero attached hydrogens (tertiary/aromatic N) is 2. The molecule has 1 unspecified atom stereocenters. The zero-order valence-corrected chi connectivity index (χ0v) is 13.7. The fourth-order valence-electron chi connectivity index (χ4n) is 2.54. The third-order valence-electron chi connectivity index (χ3n) is 4.15. The van der Waals surface area contributed by atoms with E-state index < -0.39 is 11.5 Å². The Balaban J connectivity index is 2.64. The van der Waals surface area contributed by atoms with Gasteiger partial charge in [-0.15, -0.1) is 0 Å². The monoisotopic (exact) mass is 316 g/mol. The first kappa shape index (κ1) is 18.9. The van der Waals surface area contributed by atoms with Gasteiger partial charge < -0.3 is 24.7 Å². The summed E-state index contributed by atoms with van der Waals surface area (Å²) >= 11 is 0. The van der Waals surface area contributed by atoms with Crippen LogP contribution in [0.1, 0.15) is 26.2 Å². The Bertz CT molecular complexity index is 384. The molecule has 1 saturated heterocycles. The molecule has 0 aromatic heterocycles. The molecule has 1 aliphatic heterocycles. The minimum absolute atomic E-state index is 0.00211. The van der Waals surface area contributed by atoms with Crippen LogP contribution in [0.4, 0.5) is 0 Å². The number of amides is 2. The summed E-state index contributed by atoms with van der Waals surface area (Å²) in [6, 6.07) is 0. The average Bonchev–Trinajstić information content (AvgIpc) is 2.69. The van der Waals surface area contributed by atoms with Crippen LogP contribution < -0.4 is 0 Å². The van der Waals surface area contributed by atoms with Crippen molar-refractivity contribution in [3.8, 4) is 0 Å². The molecule has 2 amide bonds. The van der Waals surface area contributed by atoms with Crippen molar-refractivity contribution < 1.29 is 24.5 Å². The van der Waals surface area contributed by atoms with Crippen molar-refractivity contribution in [1.82, 2.24) is 9.80 Å². The summed E-state index contributed by atoms with van der Waals surface area (Å²) in [4.78, 5) is 27.6. The van der Waals surface area contributed by atoms with Gasteiger partial charge in [0.05, 0.1) is 19.8 Å². The molecule has 1 aliphatic rings. The van der Waals surface area contributed by atoms with Gasteiger partial charge in [0.15, 0.2) is 0 Å². The zero-order chi connectivity index (χ0) is 16.8. The van der Waals surface area contributed by atoms with Crippen LogP contribution in [0.3, 0.4) is 0 Å². The molecule has 7 heteroatoms. The number of likely N-dealkylation sites (tertiary alicyclic amines) is 1. The van der Waals surface area contributed by atoms with Crippen molar-refractivity contribution in [3.63, 3.8) is 0 Å². The number of carbonyl (C=O) groups is 2. The first-order chi connectivity index (χ1) is 10.4. The van der Waals surface area contributed by atoms with E-state index in [0.717, 1.165) is 12.8 Å². The highest BCUT2D eigenvalue weighted by atomic mass is 16.5. The van der Waals surface area contributed by atoms with Crippen molar-refractivity contribution in [3.05, 3.63) is 0 Å². The number of rotatable bonds is 7. The summed E-state index contributed by atoms with van der Waals surface area (Å²) < 4.78 is 5.19. The number of hydrogen-bond acceptors (Lipinski definition) is 5. The molecule has 1 rings (SSSR count). The van der Waals surface area contributed by atoms with E-state index in [1.165, 1.54) is 16.9 Å². The van der Waals surface area contributed by atoms with Crippen LogP contribution in [-0.2, 0) is 14.3 Å². The normalized spacial score (nSPS) is 20.0. The van der Waals surface area contributed by atoms with Crippen LogP contribution in [0, 0.1) is 5.41 Å². The predicted octanol–water partition coefficient (Wildman–Crippen LogP) is -0.537. The quantitative estimate of drug-likeness (QED) is 0.658. The second-order valence-electron chi connectivity index (χ2n) is 6.36. The summed E-state index contributed by atoms with van der Waals surface area (Å²) in [7, 11) is 3.12. The molecule has 0 spiro atoms. The van der Waals surface area contributed by atoms with Gasteiger partial charge in [-0.2, -0.15) is 0 Å². The van der Waals surface area contributed by atoms with E-state index in [1.807, 2.05) is 0 Å². The maximum absolute atomic E-state index is 12.3. The van der Waals surface area contributed by atoms with Crippen LogP contribution in [0.2, 0.25) is 0 Å². The van der Waals surface area contributed by atoms with E-state index in [0.29, 0.717) is 13.0 Å². The number of likely N-dealkylation sites (N-methyl/N-ethyl adjacent to an activating group) is 1. The highest BCUT2D eigenvalue weighted by Crippen LogP contribution is 2.17. The molecule has 1 heterocycles. The van der Waals surface area contributed by atoms with Crippen molar-refractivity contribution in [2.24, 2.45) is 5.41 Å². The third-order valence-corrected chi connectivity index (χ3v) is 4.15. The molecule has 22 heavy (non-hydrogen) atoms. The number of methoxy groups -OCH3 is 1. The molecule has 2 N–H and O–H groups in total. The number of hydrogen-bond donors (Lipinski definition) is 2. The summed E-state index contributed by atoms with van der Waals surface area (Å²) in [6.07, 6.45) is 1.97. The SMILES string of the molecule is COC1CCCCN(CC(=O)N(C)CC(C)(CO)CO)C1=O.